The van der Waals surface area contributed by atoms with Crippen molar-refractivity contribution in [1.82, 2.24) is 0 Å². The van der Waals surface area contributed by atoms with E-state index < -0.39 is 35.4 Å². The molecule has 78 valence electrons. The standard InChI is InChI=1S/C8H7F4NO/c9-4-1-5(8(11,12)3-13)7(14)6(10)2-4/h1-2,14H,3,13H2. The number of benzene rings is 1. The quantitative estimate of drug-likeness (QED) is 0.728. The first-order valence-corrected chi connectivity index (χ1v) is 3.65. The van der Waals surface area contributed by atoms with Gasteiger partial charge in [-0.15, -0.1) is 0 Å². The number of aromatic hydroxyl groups is 1. The Labute approximate surface area is 77.0 Å². The van der Waals surface area contributed by atoms with Crippen LogP contribution in [0.25, 0.3) is 0 Å². The number of phenols is 1. The zero-order chi connectivity index (χ0) is 10.9. The van der Waals surface area contributed by atoms with Crippen LogP contribution in [0.2, 0.25) is 0 Å². The third kappa shape index (κ3) is 1.79. The summed E-state index contributed by atoms with van der Waals surface area (Å²) in [6, 6.07) is 0.663. The minimum atomic E-state index is -3.65. The third-order valence-electron chi connectivity index (χ3n) is 1.68. The number of nitrogens with two attached hydrogens (primary N) is 1. The summed E-state index contributed by atoms with van der Waals surface area (Å²) in [5.74, 6) is -7.55. The first kappa shape index (κ1) is 10.8. The highest BCUT2D eigenvalue weighted by Crippen LogP contribution is 2.35. The Morgan fingerprint density at radius 1 is 1.29 bits per heavy atom. The summed E-state index contributed by atoms with van der Waals surface area (Å²) in [6.07, 6.45) is 0. The predicted molar refractivity (Wildman–Crippen MR) is 41.0 cm³/mol. The van der Waals surface area contributed by atoms with Crippen molar-refractivity contribution in [2.45, 2.75) is 5.92 Å². The van der Waals surface area contributed by atoms with Gasteiger partial charge in [0.25, 0.3) is 5.92 Å². The molecule has 0 amide bonds. The topological polar surface area (TPSA) is 46.2 Å². The normalized spacial score (nSPS) is 11.8. The Balaban J connectivity index is 3.34. The van der Waals surface area contributed by atoms with E-state index in [1.165, 1.54) is 0 Å². The Morgan fingerprint density at radius 3 is 2.36 bits per heavy atom. The van der Waals surface area contributed by atoms with Crippen LogP contribution in [-0.4, -0.2) is 11.7 Å². The van der Waals surface area contributed by atoms with Gasteiger partial charge in [-0.05, 0) is 6.07 Å². The second-order valence-corrected chi connectivity index (χ2v) is 2.69. The number of alkyl halides is 2. The third-order valence-corrected chi connectivity index (χ3v) is 1.68. The maximum atomic E-state index is 12.9. The molecule has 0 aliphatic heterocycles. The van der Waals surface area contributed by atoms with E-state index in [0.29, 0.717) is 12.1 Å². The van der Waals surface area contributed by atoms with Crippen molar-refractivity contribution in [2.24, 2.45) is 5.73 Å². The molecule has 14 heavy (non-hydrogen) atoms. The molecular formula is C8H7F4NO. The fraction of sp³-hybridized carbons (Fsp3) is 0.250. The molecule has 0 unspecified atom stereocenters. The van der Waals surface area contributed by atoms with Gasteiger partial charge in [0, 0.05) is 6.07 Å². The van der Waals surface area contributed by atoms with E-state index in [-0.39, 0.29) is 0 Å². The summed E-state index contributed by atoms with van der Waals surface area (Å²) in [4.78, 5) is 0. The lowest BCUT2D eigenvalue weighted by atomic mass is 10.1. The van der Waals surface area contributed by atoms with Crippen LogP contribution in [-0.2, 0) is 5.92 Å². The van der Waals surface area contributed by atoms with Crippen molar-refractivity contribution in [3.8, 4) is 5.75 Å². The lowest BCUT2D eigenvalue weighted by Crippen LogP contribution is -2.25. The first-order valence-electron chi connectivity index (χ1n) is 3.65. The zero-order valence-electron chi connectivity index (χ0n) is 6.90. The fourth-order valence-corrected chi connectivity index (χ4v) is 0.955. The molecule has 0 aliphatic rings. The minimum absolute atomic E-state index is 0.311. The molecule has 0 saturated carbocycles. The number of phenolic OH excluding ortho intramolecular Hbond substituents is 1. The molecule has 0 aliphatic carbocycles. The Hall–Kier alpha value is -1.30. The summed E-state index contributed by atoms with van der Waals surface area (Å²) < 4.78 is 51.0. The van der Waals surface area contributed by atoms with E-state index in [2.05, 4.69) is 0 Å². The highest BCUT2D eigenvalue weighted by molar-refractivity contribution is 5.37. The van der Waals surface area contributed by atoms with Crippen LogP contribution in [0, 0.1) is 11.6 Å². The molecule has 1 aromatic rings. The maximum Gasteiger partial charge on any atom is 0.288 e. The molecule has 6 heteroatoms. The molecule has 0 spiro atoms. The molecule has 1 aromatic carbocycles. The molecule has 1 rings (SSSR count). The fourth-order valence-electron chi connectivity index (χ4n) is 0.955. The molecule has 0 atom stereocenters. The van der Waals surface area contributed by atoms with Crippen LogP contribution < -0.4 is 5.73 Å². The monoisotopic (exact) mass is 209 g/mol. The lowest BCUT2D eigenvalue weighted by molar-refractivity contribution is 0.00292. The molecule has 0 fully saturated rings. The second kappa shape index (κ2) is 3.45. The SMILES string of the molecule is NCC(F)(F)c1cc(F)cc(F)c1O. The number of halogens is 4. The lowest BCUT2D eigenvalue weighted by Gasteiger charge is -2.15. The van der Waals surface area contributed by atoms with Crippen LogP contribution in [0.1, 0.15) is 5.56 Å². The summed E-state index contributed by atoms with van der Waals surface area (Å²) >= 11 is 0. The number of hydrogen-bond acceptors (Lipinski definition) is 2. The van der Waals surface area contributed by atoms with Crippen LogP contribution >= 0.6 is 0 Å². The second-order valence-electron chi connectivity index (χ2n) is 2.69. The van der Waals surface area contributed by atoms with E-state index >= 15 is 0 Å². The van der Waals surface area contributed by atoms with Gasteiger partial charge in [-0.3, -0.25) is 0 Å². The van der Waals surface area contributed by atoms with Gasteiger partial charge in [0.15, 0.2) is 11.6 Å². The molecule has 0 aromatic heterocycles. The number of hydrogen-bond donors (Lipinski definition) is 2. The van der Waals surface area contributed by atoms with Gasteiger partial charge in [0.1, 0.15) is 5.82 Å². The number of rotatable bonds is 2. The van der Waals surface area contributed by atoms with Gasteiger partial charge in [-0.25, -0.2) is 8.78 Å². The summed E-state index contributed by atoms with van der Waals surface area (Å²) in [5, 5.41) is 8.91. The van der Waals surface area contributed by atoms with Crippen molar-refractivity contribution in [1.29, 1.82) is 0 Å². The van der Waals surface area contributed by atoms with E-state index in [0.717, 1.165) is 0 Å². The van der Waals surface area contributed by atoms with Gasteiger partial charge in [-0.2, -0.15) is 8.78 Å². The van der Waals surface area contributed by atoms with Gasteiger partial charge < -0.3 is 10.8 Å². The summed E-state index contributed by atoms with van der Waals surface area (Å²) in [6.45, 7) is -1.14. The molecule has 0 radical (unpaired) electrons. The minimum Gasteiger partial charge on any atom is -0.504 e. The average Bonchev–Trinajstić information content (AvgIpc) is 2.11. The van der Waals surface area contributed by atoms with E-state index in [1.807, 2.05) is 0 Å². The maximum absolute atomic E-state index is 12.9. The predicted octanol–water partition coefficient (Wildman–Crippen LogP) is 1.72. The van der Waals surface area contributed by atoms with E-state index in [4.69, 9.17) is 10.8 Å². The van der Waals surface area contributed by atoms with Crippen molar-refractivity contribution in [3.05, 3.63) is 29.3 Å². The zero-order valence-corrected chi connectivity index (χ0v) is 6.90. The molecule has 0 saturated heterocycles. The van der Waals surface area contributed by atoms with Crippen LogP contribution in [0.15, 0.2) is 12.1 Å². The van der Waals surface area contributed by atoms with Crippen molar-refractivity contribution in [2.75, 3.05) is 6.54 Å². The van der Waals surface area contributed by atoms with Crippen LogP contribution in [0.4, 0.5) is 17.6 Å². The Morgan fingerprint density at radius 2 is 1.86 bits per heavy atom. The Bertz CT molecular complexity index is 353. The van der Waals surface area contributed by atoms with Crippen molar-refractivity contribution >= 4 is 0 Å². The van der Waals surface area contributed by atoms with Crippen LogP contribution in [0.3, 0.4) is 0 Å². The van der Waals surface area contributed by atoms with Gasteiger partial charge in [0.05, 0.1) is 12.1 Å². The largest absolute Gasteiger partial charge is 0.504 e. The van der Waals surface area contributed by atoms with E-state index in [1.54, 1.807) is 0 Å². The van der Waals surface area contributed by atoms with Gasteiger partial charge >= 0.3 is 0 Å². The summed E-state index contributed by atoms with van der Waals surface area (Å²) in [5.41, 5.74) is 3.56. The van der Waals surface area contributed by atoms with E-state index in [9.17, 15) is 17.6 Å². The molecule has 0 heterocycles. The smallest absolute Gasteiger partial charge is 0.288 e. The van der Waals surface area contributed by atoms with Gasteiger partial charge in [-0.1, -0.05) is 0 Å². The van der Waals surface area contributed by atoms with Crippen molar-refractivity contribution in [3.63, 3.8) is 0 Å². The summed E-state index contributed by atoms with van der Waals surface area (Å²) in [7, 11) is 0. The van der Waals surface area contributed by atoms with Crippen molar-refractivity contribution < 1.29 is 22.7 Å². The van der Waals surface area contributed by atoms with Crippen LogP contribution in [0.5, 0.6) is 5.75 Å². The highest BCUT2D eigenvalue weighted by atomic mass is 19.3. The first-order chi connectivity index (χ1) is 6.38. The van der Waals surface area contributed by atoms with Gasteiger partial charge in [0.2, 0.25) is 0 Å². The highest BCUT2D eigenvalue weighted by Gasteiger charge is 2.34. The molecule has 3 N–H and O–H groups in total. The Kier molecular flexibility index (Phi) is 2.66. The molecular weight excluding hydrogens is 202 g/mol. The average molecular weight is 209 g/mol. The molecule has 2 nitrogen and oxygen atoms in total. The molecule has 0 bridgehead atoms.